The van der Waals surface area contributed by atoms with Gasteiger partial charge in [0.05, 0.1) is 4.90 Å². The van der Waals surface area contributed by atoms with Crippen molar-refractivity contribution < 1.29 is 8.42 Å². The highest BCUT2D eigenvalue weighted by molar-refractivity contribution is 7.89. The maximum absolute atomic E-state index is 13.3. The molecule has 0 spiro atoms. The number of hydrogen-bond donors (Lipinski definition) is 1. The van der Waals surface area contributed by atoms with Gasteiger partial charge < -0.3 is 5.73 Å². The summed E-state index contributed by atoms with van der Waals surface area (Å²) in [6.07, 6.45) is 2.06. The summed E-state index contributed by atoms with van der Waals surface area (Å²) < 4.78 is 28.1. The molecule has 2 aromatic carbocycles. The monoisotopic (exact) mass is 342 g/mol. The minimum atomic E-state index is -3.51. The van der Waals surface area contributed by atoms with Gasteiger partial charge in [0.1, 0.15) is 0 Å². The molecule has 0 radical (unpaired) electrons. The molecule has 4 rings (SSSR count). The van der Waals surface area contributed by atoms with Crippen LogP contribution in [0.1, 0.15) is 12.8 Å². The highest BCUT2D eigenvalue weighted by atomic mass is 32.2. The Kier molecular flexibility index (Phi) is 3.95. The Hall–Kier alpha value is -1.69. The molecule has 3 unspecified atom stereocenters. The van der Waals surface area contributed by atoms with Gasteiger partial charge >= 0.3 is 0 Å². The minimum absolute atomic E-state index is 0.138. The van der Waals surface area contributed by atoms with Gasteiger partial charge in [-0.2, -0.15) is 4.31 Å². The van der Waals surface area contributed by atoms with E-state index in [4.69, 9.17) is 5.73 Å². The van der Waals surface area contributed by atoms with Gasteiger partial charge in [-0.25, -0.2) is 8.42 Å². The highest BCUT2D eigenvalue weighted by Crippen LogP contribution is 2.40. The van der Waals surface area contributed by atoms with Gasteiger partial charge in [-0.15, -0.1) is 0 Å². The third-order valence-electron chi connectivity index (χ3n) is 5.47. The lowest BCUT2D eigenvalue weighted by Gasteiger charge is -2.20. The molecule has 0 amide bonds. The van der Waals surface area contributed by atoms with E-state index in [1.165, 1.54) is 0 Å². The van der Waals surface area contributed by atoms with Crippen LogP contribution in [-0.4, -0.2) is 31.9 Å². The van der Waals surface area contributed by atoms with E-state index >= 15 is 0 Å². The first-order chi connectivity index (χ1) is 11.6. The molecule has 1 saturated heterocycles. The van der Waals surface area contributed by atoms with Crippen molar-refractivity contribution in [1.82, 2.24) is 4.31 Å². The van der Waals surface area contributed by atoms with Crippen molar-refractivity contribution in [2.75, 3.05) is 13.1 Å². The molecule has 0 aromatic heterocycles. The molecule has 4 nitrogen and oxygen atoms in total. The Morgan fingerprint density at radius 2 is 1.62 bits per heavy atom. The van der Waals surface area contributed by atoms with Gasteiger partial charge in [-0.1, -0.05) is 48.5 Å². The Morgan fingerprint density at radius 3 is 2.38 bits per heavy atom. The largest absolute Gasteiger partial charge is 0.327 e. The Morgan fingerprint density at radius 1 is 0.917 bits per heavy atom. The number of nitrogens with zero attached hydrogens (tertiary/aromatic N) is 1. The first-order valence-corrected chi connectivity index (χ1v) is 9.91. The van der Waals surface area contributed by atoms with Gasteiger partial charge in [0.2, 0.25) is 10.0 Å². The zero-order chi connectivity index (χ0) is 16.7. The maximum atomic E-state index is 13.3. The summed E-state index contributed by atoms with van der Waals surface area (Å²) in [5, 5.41) is 0. The van der Waals surface area contributed by atoms with Crippen LogP contribution >= 0.6 is 0 Å². The molecule has 2 fully saturated rings. The summed E-state index contributed by atoms with van der Waals surface area (Å²) in [7, 11) is -3.51. The Bertz CT molecular complexity index is 835. The fourth-order valence-corrected chi connectivity index (χ4v) is 5.90. The summed E-state index contributed by atoms with van der Waals surface area (Å²) in [5.74, 6) is 0.724. The van der Waals surface area contributed by atoms with Crippen LogP contribution in [0.3, 0.4) is 0 Å². The van der Waals surface area contributed by atoms with Crippen molar-refractivity contribution in [2.24, 2.45) is 17.6 Å². The number of hydrogen-bond acceptors (Lipinski definition) is 3. The van der Waals surface area contributed by atoms with E-state index in [0.717, 1.165) is 24.0 Å². The topological polar surface area (TPSA) is 63.4 Å². The molecule has 2 N–H and O–H groups in total. The molecule has 3 atom stereocenters. The summed E-state index contributed by atoms with van der Waals surface area (Å²) >= 11 is 0. The van der Waals surface area contributed by atoms with Crippen LogP contribution in [-0.2, 0) is 10.0 Å². The second kappa shape index (κ2) is 5.99. The Labute approximate surface area is 143 Å². The minimum Gasteiger partial charge on any atom is -0.327 e. The number of rotatable bonds is 3. The van der Waals surface area contributed by atoms with Crippen LogP contribution in [0.25, 0.3) is 11.1 Å². The van der Waals surface area contributed by atoms with E-state index in [2.05, 4.69) is 0 Å². The van der Waals surface area contributed by atoms with Crippen molar-refractivity contribution in [3.8, 4) is 11.1 Å². The van der Waals surface area contributed by atoms with E-state index in [-0.39, 0.29) is 6.04 Å². The van der Waals surface area contributed by atoms with Crippen LogP contribution in [0.5, 0.6) is 0 Å². The molecule has 126 valence electrons. The normalized spacial score (nSPS) is 27.3. The SMILES string of the molecule is NC1CCC2CN(S(=O)(=O)c3ccccc3-c3ccccc3)CC12. The summed E-state index contributed by atoms with van der Waals surface area (Å²) in [6.45, 7) is 1.15. The predicted molar refractivity (Wildman–Crippen MR) is 94.8 cm³/mol. The maximum Gasteiger partial charge on any atom is 0.243 e. The summed E-state index contributed by atoms with van der Waals surface area (Å²) in [6, 6.07) is 17.1. The average molecular weight is 342 g/mol. The fourth-order valence-electron chi connectivity index (χ4n) is 4.15. The van der Waals surface area contributed by atoms with Crippen molar-refractivity contribution >= 4 is 10.0 Å². The molecule has 24 heavy (non-hydrogen) atoms. The standard InChI is InChI=1S/C19H22N2O2S/c20-18-11-10-15-12-21(13-17(15)18)24(22,23)19-9-5-4-8-16(19)14-6-2-1-3-7-14/h1-9,15,17-18H,10-13,20H2. The molecule has 1 heterocycles. The lowest BCUT2D eigenvalue weighted by molar-refractivity contribution is 0.427. The lowest BCUT2D eigenvalue weighted by atomic mass is 9.98. The average Bonchev–Trinajstić information content (AvgIpc) is 3.19. The first kappa shape index (κ1) is 15.8. The number of nitrogens with two attached hydrogens (primary N) is 1. The van der Waals surface area contributed by atoms with Gasteiger partial charge in [-0.05, 0) is 36.3 Å². The second-order valence-corrected chi connectivity index (χ2v) is 8.76. The third-order valence-corrected chi connectivity index (χ3v) is 7.36. The van der Waals surface area contributed by atoms with Crippen LogP contribution < -0.4 is 5.73 Å². The van der Waals surface area contributed by atoms with Gasteiger partial charge in [0.25, 0.3) is 0 Å². The van der Waals surface area contributed by atoms with Crippen molar-refractivity contribution in [2.45, 2.75) is 23.8 Å². The molecule has 0 bridgehead atoms. The van der Waals surface area contributed by atoms with Gasteiger partial charge in [0.15, 0.2) is 0 Å². The summed E-state index contributed by atoms with van der Waals surface area (Å²) in [5.41, 5.74) is 7.85. The molecule has 1 aliphatic heterocycles. The highest BCUT2D eigenvalue weighted by Gasteiger charge is 2.45. The van der Waals surface area contributed by atoms with Crippen LogP contribution in [0.15, 0.2) is 59.5 Å². The second-order valence-electron chi connectivity index (χ2n) is 6.85. The van der Waals surface area contributed by atoms with Crippen LogP contribution in [0.4, 0.5) is 0 Å². The molecular weight excluding hydrogens is 320 g/mol. The smallest absolute Gasteiger partial charge is 0.243 e. The zero-order valence-corrected chi connectivity index (χ0v) is 14.3. The van der Waals surface area contributed by atoms with Crippen molar-refractivity contribution in [3.63, 3.8) is 0 Å². The third kappa shape index (κ3) is 2.57. The molecule has 1 aliphatic carbocycles. The van der Waals surface area contributed by atoms with Gasteiger partial charge in [0, 0.05) is 24.7 Å². The Balaban J connectivity index is 1.71. The molecule has 2 aliphatic rings. The van der Waals surface area contributed by atoms with Gasteiger partial charge in [-0.3, -0.25) is 0 Å². The first-order valence-electron chi connectivity index (χ1n) is 8.47. The molecule has 5 heteroatoms. The zero-order valence-electron chi connectivity index (χ0n) is 13.5. The lowest BCUT2D eigenvalue weighted by Crippen LogP contribution is -2.33. The van der Waals surface area contributed by atoms with E-state index < -0.39 is 10.0 Å². The quantitative estimate of drug-likeness (QED) is 0.933. The van der Waals surface area contributed by atoms with E-state index in [0.29, 0.717) is 29.8 Å². The van der Waals surface area contributed by atoms with Crippen molar-refractivity contribution in [1.29, 1.82) is 0 Å². The number of sulfonamides is 1. The number of fused-ring (bicyclic) bond motifs is 1. The fraction of sp³-hybridized carbons (Fsp3) is 0.368. The van der Waals surface area contributed by atoms with E-state index in [9.17, 15) is 8.42 Å². The summed E-state index contributed by atoms with van der Waals surface area (Å²) in [4.78, 5) is 0.393. The molecular formula is C19H22N2O2S. The molecule has 1 saturated carbocycles. The van der Waals surface area contributed by atoms with E-state index in [1.54, 1.807) is 16.4 Å². The van der Waals surface area contributed by atoms with Crippen LogP contribution in [0.2, 0.25) is 0 Å². The molecule has 2 aromatic rings. The van der Waals surface area contributed by atoms with Crippen molar-refractivity contribution in [3.05, 3.63) is 54.6 Å². The van der Waals surface area contributed by atoms with E-state index in [1.807, 2.05) is 42.5 Å². The number of benzene rings is 2. The predicted octanol–water partition coefficient (Wildman–Crippen LogP) is 2.71. The van der Waals surface area contributed by atoms with Crippen LogP contribution in [0, 0.1) is 11.8 Å².